The molecule has 0 heterocycles. The van der Waals surface area contributed by atoms with E-state index in [2.05, 4.69) is 35.9 Å². The molecule has 6 atom stereocenters. The molecular formula is C21H29BrO2. The molecule has 0 bridgehead atoms. The van der Waals surface area contributed by atoms with E-state index in [0.29, 0.717) is 17.8 Å². The Labute approximate surface area is 153 Å². The van der Waals surface area contributed by atoms with Crippen LogP contribution in [-0.2, 0) is 4.79 Å². The Kier molecular flexibility index (Phi) is 4.12. The smallest absolute Gasteiger partial charge is 0.169 e. The number of rotatable bonds is 1. The fraction of sp³-hybridized carbons (Fsp3) is 0.762. The van der Waals surface area contributed by atoms with Crippen LogP contribution in [0.25, 0.3) is 0 Å². The molecule has 4 rings (SSSR count). The molecule has 6 unspecified atom stereocenters. The molecule has 0 spiro atoms. The minimum absolute atomic E-state index is 0.109. The normalized spacial score (nSPS) is 47.9. The Balaban J connectivity index is 1.69. The van der Waals surface area contributed by atoms with Crippen LogP contribution in [0, 0.1) is 23.2 Å². The molecule has 0 aromatic rings. The van der Waals surface area contributed by atoms with Gasteiger partial charge in [0.05, 0.1) is 10.4 Å². The number of hydrogen-bond donors (Lipinski definition) is 1. The Hall–Kier alpha value is -0.410. The third-order valence-electron chi connectivity index (χ3n) is 7.88. The Morgan fingerprint density at radius 1 is 1.25 bits per heavy atom. The topological polar surface area (TPSA) is 37.3 Å². The van der Waals surface area contributed by atoms with Gasteiger partial charge in [-0.05, 0) is 73.3 Å². The summed E-state index contributed by atoms with van der Waals surface area (Å²) in [5.74, 6) is 2.35. The molecule has 0 amide bonds. The lowest BCUT2D eigenvalue weighted by Gasteiger charge is -2.46. The SMILES string of the molecule is CCC1CCC2C3CCC4(O)CC(Br)C(=O)C=C4C=C3CCC12C. The second-order valence-corrected chi connectivity index (χ2v) is 9.97. The average molecular weight is 393 g/mol. The van der Waals surface area contributed by atoms with E-state index in [4.69, 9.17) is 0 Å². The number of carbonyl (C=O) groups excluding carboxylic acids is 1. The molecule has 132 valence electrons. The molecule has 2 nitrogen and oxygen atoms in total. The molecule has 2 fully saturated rings. The molecule has 4 aliphatic carbocycles. The van der Waals surface area contributed by atoms with E-state index < -0.39 is 5.60 Å². The Morgan fingerprint density at radius 2 is 2.04 bits per heavy atom. The van der Waals surface area contributed by atoms with E-state index in [1.807, 2.05) is 0 Å². The number of fused-ring (bicyclic) bond motifs is 4. The van der Waals surface area contributed by atoms with Crippen LogP contribution in [0.2, 0.25) is 0 Å². The van der Waals surface area contributed by atoms with Crippen molar-refractivity contribution in [3.63, 3.8) is 0 Å². The number of carbonyl (C=O) groups is 1. The lowest BCUT2D eigenvalue weighted by atomic mass is 9.59. The molecule has 3 heteroatoms. The van der Waals surface area contributed by atoms with E-state index in [-0.39, 0.29) is 10.6 Å². The van der Waals surface area contributed by atoms with Crippen molar-refractivity contribution >= 4 is 21.7 Å². The first-order valence-electron chi connectivity index (χ1n) is 9.70. The summed E-state index contributed by atoms with van der Waals surface area (Å²) in [5, 5.41) is 11.2. The molecule has 0 radical (unpaired) electrons. The van der Waals surface area contributed by atoms with Crippen molar-refractivity contribution in [3.8, 4) is 0 Å². The van der Waals surface area contributed by atoms with Crippen LogP contribution in [0.5, 0.6) is 0 Å². The van der Waals surface area contributed by atoms with Gasteiger partial charge in [0.2, 0.25) is 0 Å². The van der Waals surface area contributed by atoms with Gasteiger partial charge in [0.1, 0.15) is 0 Å². The van der Waals surface area contributed by atoms with Crippen LogP contribution in [-0.4, -0.2) is 21.3 Å². The number of aliphatic hydroxyl groups is 1. The van der Waals surface area contributed by atoms with E-state index >= 15 is 0 Å². The van der Waals surface area contributed by atoms with Gasteiger partial charge in [0.25, 0.3) is 0 Å². The second kappa shape index (κ2) is 5.81. The average Bonchev–Trinajstić information content (AvgIpc) is 2.81. The molecule has 4 aliphatic rings. The minimum atomic E-state index is -0.814. The first kappa shape index (κ1) is 17.0. The van der Waals surface area contributed by atoms with Gasteiger partial charge in [-0.2, -0.15) is 0 Å². The highest BCUT2D eigenvalue weighted by molar-refractivity contribution is 9.10. The fourth-order valence-corrected chi connectivity index (χ4v) is 7.06. The summed E-state index contributed by atoms with van der Waals surface area (Å²) in [6.07, 6.45) is 12.7. The maximum Gasteiger partial charge on any atom is 0.169 e. The quantitative estimate of drug-likeness (QED) is 0.640. The predicted octanol–water partition coefficient (Wildman–Crippen LogP) is 4.95. The number of halogens is 1. The van der Waals surface area contributed by atoms with Crippen molar-refractivity contribution in [1.29, 1.82) is 0 Å². The van der Waals surface area contributed by atoms with Gasteiger partial charge in [-0.15, -0.1) is 0 Å². The lowest BCUT2D eigenvalue weighted by Crippen LogP contribution is -2.40. The van der Waals surface area contributed by atoms with E-state index in [1.54, 1.807) is 6.08 Å². The van der Waals surface area contributed by atoms with Gasteiger partial charge >= 0.3 is 0 Å². The van der Waals surface area contributed by atoms with Crippen LogP contribution in [0.1, 0.15) is 65.2 Å². The zero-order chi connectivity index (χ0) is 17.1. The van der Waals surface area contributed by atoms with E-state index in [1.165, 1.54) is 31.3 Å². The summed E-state index contributed by atoms with van der Waals surface area (Å²) in [6, 6.07) is 0. The van der Waals surface area contributed by atoms with Crippen LogP contribution in [0.4, 0.5) is 0 Å². The summed E-state index contributed by atoms with van der Waals surface area (Å²) in [4.78, 5) is 11.9. The van der Waals surface area contributed by atoms with Gasteiger partial charge in [0, 0.05) is 6.42 Å². The van der Waals surface area contributed by atoms with Crippen molar-refractivity contribution in [2.24, 2.45) is 23.2 Å². The zero-order valence-corrected chi connectivity index (χ0v) is 16.4. The summed E-state index contributed by atoms with van der Waals surface area (Å²) in [7, 11) is 0. The molecule has 1 N–H and O–H groups in total. The third kappa shape index (κ3) is 2.41. The number of alkyl halides is 1. The van der Waals surface area contributed by atoms with Crippen LogP contribution >= 0.6 is 15.9 Å². The molecule has 24 heavy (non-hydrogen) atoms. The monoisotopic (exact) mass is 392 g/mol. The van der Waals surface area contributed by atoms with Crippen LogP contribution in [0.15, 0.2) is 23.3 Å². The maximum atomic E-state index is 12.1. The minimum Gasteiger partial charge on any atom is -0.385 e. The van der Waals surface area contributed by atoms with Crippen LogP contribution < -0.4 is 0 Å². The fourth-order valence-electron chi connectivity index (χ4n) is 6.40. The predicted molar refractivity (Wildman–Crippen MR) is 100 cm³/mol. The largest absolute Gasteiger partial charge is 0.385 e. The van der Waals surface area contributed by atoms with Gasteiger partial charge in [-0.3, -0.25) is 4.79 Å². The molecular weight excluding hydrogens is 364 g/mol. The number of allylic oxidation sites excluding steroid dienone is 2. The molecule has 0 aromatic heterocycles. The third-order valence-corrected chi connectivity index (χ3v) is 8.66. The van der Waals surface area contributed by atoms with Gasteiger partial charge < -0.3 is 5.11 Å². The van der Waals surface area contributed by atoms with Crippen molar-refractivity contribution in [1.82, 2.24) is 0 Å². The highest BCUT2D eigenvalue weighted by Gasteiger charge is 2.53. The van der Waals surface area contributed by atoms with Crippen LogP contribution in [0.3, 0.4) is 0 Å². The summed E-state index contributed by atoms with van der Waals surface area (Å²) in [5.41, 5.74) is 2.06. The zero-order valence-electron chi connectivity index (χ0n) is 14.9. The van der Waals surface area contributed by atoms with E-state index in [9.17, 15) is 9.90 Å². The standard InChI is InChI=1S/C21H29BrO2/c1-3-14-4-5-17-16-7-9-21(24)12-18(22)19(23)11-15(21)10-13(16)6-8-20(14,17)2/h10-11,14,16-18,24H,3-9,12H2,1-2H3. The van der Waals surface area contributed by atoms with Crippen molar-refractivity contribution in [2.75, 3.05) is 0 Å². The second-order valence-electron chi connectivity index (χ2n) is 8.86. The first-order chi connectivity index (χ1) is 11.4. The molecule has 0 aromatic carbocycles. The van der Waals surface area contributed by atoms with Gasteiger partial charge in [-0.1, -0.05) is 47.8 Å². The van der Waals surface area contributed by atoms with Gasteiger partial charge in [-0.25, -0.2) is 0 Å². The van der Waals surface area contributed by atoms with Crippen molar-refractivity contribution in [3.05, 3.63) is 23.3 Å². The maximum absolute atomic E-state index is 12.1. The summed E-state index contributed by atoms with van der Waals surface area (Å²) < 4.78 is 0. The highest BCUT2D eigenvalue weighted by atomic mass is 79.9. The van der Waals surface area contributed by atoms with Gasteiger partial charge in [0.15, 0.2) is 5.78 Å². The highest BCUT2D eigenvalue weighted by Crippen LogP contribution is 2.61. The summed E-state index contributed by atoms with van der Waals surface area (Å²) in [6.45, 7) is 4.88. The summed E-state index contributed by atoms with van der Waals surface area (Å²) >= 11 is 3.45. The number of hydrogen-bond acceptors (Lipinski definition) is 2. The van der Waals surface area contributed by atoms with Crippen molar-refractivity contribution in [2.45, 2.75) is 75.6 Å². The first-order valence-corrected chi connectivity index (χ1v) is 10.6. The Bertz CT molecular complexity index is 621. The molecule has 2 saturated carbocycles. The molecule has 0 saturated heterocycles. The number of ketones is 1. The van der Waals surface area contributed by atoms with E-state index in [0.717, 1.165) is 36.7 Å². The van der Waals surface area contributed by atoms with Crippen molar-refractivity contribution < 1.29 is 9.90 Å². The molecule has 0 aliphatic heterocycles. The Morgan fingerprint density at radius 3 is 2.79 bits per heavy atom. The lowest BCUT2D eigenvalue weighted by molar-refractivity contribution is -0.116.